The minimum atomic E-state index is -2.61. The summed E-state index contributed by atoms with van der Waals surface area (Å²) in [5.41, 5.74) is 1.59. The van der Waals surface area contributed by atoms with Gasteiger partial charge < -0.3 is 5.11 Å². The highest BCUT2D eigenvalue weighted by Gasteiger charge is 2.10. The van der Waals surface area contributed by atoms with E-state index in [9.17, 15) is 13.5 Å². The van der Waals surface area contributed by atoms with E-state index in [0.29, 0.717) is 5.56 Å². The van der Waals surface area contributed by atoms with Crippen molar-refractivity contribution in [2.75, 3.05) is 0 Å². The summed E-state index contributed by atoms with van der Waals surface area (Å²) in [7, 11) is -2.61. The predicted octanol–water partition coefficient (Wildman–Crippen LogP) is 2.76. The first kappa shape index (κ1) is 13.4. The Kier molecular flexibility index (Phi) is 4.36. The molecule has 0 saturated carbocycles. The second-order valence-corrected chi connectivity index (χ2v) is 5.22. The lowest BCUT2D eigenvalue weighted by Gasteiger charge is -2.06. The molecule has 2 aromatic rings. The molecule has 0 aliphatic carbocycles. The summed E-state index contributed by atoms with van der Waals surface area (Å²) in [6.45, 7) is 0. The van der Waals surface area contributed by atoms with Gasteiger partial charge in [0.1, 0.15) is 11.0 Å². The van der Waals surface area contributed by atoms with Crippen LogP contribution in [0.1, 0.15) is 16.4 Å². The van der Waals surface area contributed by atoms with Gasteiger partial charge in [0, 0.05) is 0 Å². The molecule has 2 aromatic carbocycles. The molecule has 98 valence electrons. The zero-order valence-electron chi connectivity index (χ0n) is 10.1. The molecule has 0 fully saturated rings. The predicted molar refractivity (Wildman–Crippen MR) is 76.6 cm³/mol. The second kappa shape index (κ2) is 6.20. The quantitative estimate of drug-likeness (QED) is 0.843. The van der Waals surface area contributed by atoms with Crippen LogP contribution in [0.25, 0.3) is 6.08 Å². The Hall–Kier alpha value is -2.07. The van der Waals surface area contributed by atoms with Crippen molar-refractivity contribution < 1.29 is 13.5 Å². The van der Waals surface area contributed by atoms with E-state index in [4.69, 9.17) is 0 Å². The average molecular weight is 274 g/mol. The van der Waals surface area contributed by atoms with Gasteiger partial charge in [0.05, 0.1) is 0 Å². The minimum Gasteiger partial charge on any atom is -0.508 e. The van der Waals surface area contributed by atoms with Crippen LogP contribution in [0.5, 0.6) is 5.75 Å². The molecular weight excluding hydrogens is 260 g/mol. The van der Waals surface area contributed by atoms with Crippen molar-refractivity contribution in [3.8, 4) is 5.75 Å². The maximum Gasteiger partial charge on any atom is 0.150 e. The maximum atomic E-state index is 11.3. The largest absolute Gasteiger partial charge is 0.508 e. The number of phenols is 1. The van der Waals surface area contributed by atoms with E-state index in [1.54, 1.807) is 24.3 Å². The van der Waals surface area contributed by atoms with Gasteiger partial charge in [-0.3, -0.25) is 0 Å². The molecule has 0 heterocycles. The minimum absolute atomic E-state index is 0.121. The van der Waals surface area contributed by atoms with Crippen molar-refractivity contribution in [3.63, 3.8) is 0 Å². The van der Waals surface area contributed by atoms with Gasteiger partial charge in [-0.25, -0.2) is 8.42 Å². The number of hydrogen-bond donors (Lipinski definition) is 2. The highest BCUT2D eigenvalue weighted by molar-refractivity contribution is 7.72. The van der Waals surface area contributed by atoms with Crippen molar-refractivity contribution in [3.05, 3.63) is 71.8 Å². The highest BCUT2D eigenvalue weighted by atomic mass is 32.2. The van der Waals surface area contributed by atoms with Crippen molar-refractivity contribution in [2.24, 2.45) is 0 Å². The monoisotopic (exact) mass is 274 g/mol. The van der Waals surface area contributed by atoms with Crippen molar-refractivity contribution in [1.29, 1.82) is 0 Å². The SMILES string of the molecule is O=[SH](=O)C(C=Cc1ccccc1)c1ccc(O)cc1. The van der Waals surface area contributed by atoms with Crippen molar-refractivity contribution in [1.82, 2.24) is 0 Å². The standard InChI is InChI=1S/C15H14O3S/c16-14-9-7-13(8-10-14)15(19(17)18)11-6-12-4-2-1-3-5-12/h1-11,15-16,19H. The summed E-state index contributed by atoms with van der Waals surface area (Å²) in [6.07, 6.45) is 3.43. The Morgan fingerprint density at radius 1 is 0.947 bits per heavy atom. The summed E-state index contributed by atoms with van der Waals surface area (Å²) in [4.78, 5) is 0. The van der Waals surface area contributed by atoms with Gasteiger partial charge in [-0.15, -0.1) is 0 Å². The molecule has 0 radical (unpaired) electrons. The molecule has 0 aliphatic heterocycles. The fourth-order valence-electron chi connectivity index (χ4n) is 1.74. The molecule has 0 aromatic heterocycles. The first-order valence-electron chi connectivity index (χ1n) is 5.82. The van der Waals surface area contributed by atoms with Crippen LogP contribution in [-0.4, -0.2) is 13.5 Å². The van der Waals surface area contributed by atoms with E-state index in [1.165, 1.54) is 12.1 Å². The van der Waals surface area contributed by atoms with E-state index in [1.807, 2.05) is 30.3 Å². The Balaban J connectivity index is 2.27. The molecule has 19 heavy (non-hydrogen) atoms. The molecule has 1 atom stereocenters. The molecule has 0 amide bonds. The molecule has 0 aliphatic rings. The topological polar surface area (TPSA) is 54.4 Å². The van der Waals surface area contributed by atoms with Crippen LogP contribution in [0.2, 0.25) is 0 Å². The molecule has 2 rings (SSSR count). The van der Waals surface area contributed by atoms with Crippen molar-refractivity contribution in [2.45, 2.75) is 5.25 Å². The summed E-state index contributed by atoms with van der Waals surface area (Å²) in [5, 5.41) is 8.53. The number of aromatic hydroxyl groups is 1. The van der Waals surface area contributed by atoms with E-state index in [0.717, 1.165) is 5.56 Å². The molecule has 4 heteroatoms. The van der Waals surface area contributed by atoms with E-state index < -0.39 is 16.0 Å². The third-order valence-corrected chi connectivity index (χ3v) is 3.66. The van der Waals surface area contributed by atoms with Crippen LogP contribution < -0.4 is 0 Å². The maximum absolute atomic E-state index is 11.3. The van der Waals surface area contributed by atoms with E-state index >= 15 is 0 Å². The Morgan fingerprint density at radius 3 is 2.16 bits per heavy atom. The summed E-state index contributed by atoms with van der Waals surface area (Å²) in [5.74, 6) is 0.121. The zero-order valence-corrected chi connectivity index (χ0v) is 11.0. The van der Waals surface area contributed by atoms with Gasteiger partial charge in [0.15, 0.2) is 10.7 Å². The molecule has 3 nitrogen and oxygen atoms in total. The van der Waals surface area contributed by atoms with Crippen LogP contribution in [0.15, 0.2) is 60.7 Å². The van der Waals surface area contributed by atoms with Gasteiger partial charge in [0.2, 0.25) is 0 Å². The third kappa shape index (κ3) is 3.69. The molecule has 0 bridgehead atoms. The van der Waals surface area contributed by atoms with Crippen LogP contribution >= 0.6 is 0 Å². The fourth-order valence-corrected chi connectivity index (χ4v) is 2.38. The van der Waals surface area contributed by atoms with Crippen molar-refractivity contribution >= 4 is 16.8 Å². The number of hydrogen-bond acceptors (Lipinski definition) is 3. The molecule has 0 spiro atoms. The number of thiol groups is 1. The van der Waals surface area contributed by atoms with Gasteiger partial charge in [-0.2, -0.15) is 0 Å². The van der Waals surface area contributed by atoms with Crippen LogP contribution in [0.3, 0.4) is 0 Å². The summed E-state index contributed by atoms with van der Waals surface area (Å²) in [6, 6.07) is 15.7. The van der Waals surface area contributed by atoms with Gasteiger partial charge >= 0.3 is 0 Å². The lowest BCUT2D eigenvalue weighted by molar-refractivity contribution is 0.475. The Labute approximate surface area is 113 Å². The second-order valence-electron chi connectivity index (χ2n) is 4.09. The van der Waals surface area contributed by atoms with Crippen LogP contribution in [-0.2, 0) is 10.7 Å². The number of phenolic OH excluding ortho intramolecular Hbond substituents is 1. The normalized spacial score (nSPS) is 12.9. The lowest BCUT2D eigenvalue weighted by Crippen LogP contribution is -1.96. The molecule has 0 saturated heterocycles. The summed E-state index contributed by atoms with van der Waals surface area (Å²) >= 11 is 0. The van der Waals surface area contributed by atoms with Gasteiger partial charge in [-0.05, 0) is 23.3 Å². The van der Waals surface area contributed by atoms with E-state index in [-0.39, 0.29) is 5.75 Å². The number of benzene rings is 2. The smallest absolute Gasteiger partial charge is 0.150 e. The summed E-state index contributed by atoms with van der Waals surface area (Å²) < 4.78 is 22.7. The number of rotatable bonds is 4. The first-order chi connectivity index (χ1) is 9.16. The highest BCUT2D eigenvalue weighted by Crippen LogP contribution is 2.22. The van der Waals surface area contributed by atoms with Crippen LogP contribution in [0.4, 0.5) is 0 Å². The molecular formula is C15H14O3S. The van der Waals surface area contributed by atoms with E-state index in [2.05, 4.69) is 0 Å². The molecule has 1 unspecified atom stereocenters. The Bertz CT molecular complexity index is 620. The lowest BCUT2D eigenvalue weighted by atomic mass is 10.1. The first-order valence-corrected chi connectivity index (χ1v) is 7.07. The average Bonchev–Trinajstić information content (AvgIpc) is 2.42. The zero-order chi connectivity index (χ0) is 13.7. The fraction of sp³-hybridized carbons (Fsp3) is 0.0667. The Morgan fingerprint density at radius 2 is 1.58 bits per heavy atom. The van der Waals surface area contributed by atoms with Crippen LogP contribution in [0, 0.1) is 0 Å². The van der Waals surface area contributed by atoms with Gasteiger partial charge in [0.25, 0.3) is 0 Å². The third-order valence-electron chi connectivity index (χ3n) is 2.73. The molecule has 1 N–H and O–H groups in total. The van der Waals surface area contributed by atoms with Gasteiger partial charge in [-0.1, -0.05) is 54.6 Å².